The number of rotatable bonds is 6. The first-order valence-electron chi connectivity index (χ1n) is 12.3. The molecule has 1 N–H and O–H groups in total. The fourth-order valence-corrected chi connectivity index (χ4v) is 4.71. The SMILES string of the molecule is COc1ncnc(C2CC2)c1-c1ncc2c(n1)N(Cc1ccc(-c3nc(C(F)(F)F)cn3C)cc1)CCN2. The molecule has 1 saturated carbocycles. The summed E-state index contributed by atoms with van der Waals surface area (Å²) in [6.45, 7) is 2.02. The van der Waals surface area contributed by atoms with Crippen molar-refractivity contribution in [3.8, 4) is 28.7 Å². The third kappa shape index (κ3) is 4.50. The molecular formula is C26H25F3N8O. The molecule has 0 atom stereocenters. The molecule has 12 heteroatoms. The third-order valence-electron chi connectivity index (χ3n) is 6.74. The Morgan fingerprint density at radius 1 is 1.08 bits per heavy atom. The van der Waals surface area contributed by atoms with Gasteiger partial charge in [-0.1, -0.05) is 24.3 Å². The quantitative estimate of drug-likeness (QED) is 0.391. The van der Waals surface area contributed by atoms with Crippen LogP contribution in [0, 0.1) is 0 Å². The van der Waals surface area contributed by atoms with Gasteiger partial charge in [-0.25, -0.2) is 24.9 Å². The van der Waals surface area contributed by atoms with E-state index in [2.05, 4.69) is 30.2 Å². The third-order valence-corrected chi connectivity index (χ3v) is 6.74. The number of aromatic nitrogens is 6. The number of nitrogens with one attached hydrogen (secondary N) is 1. The summed E-state index contributed by atoms with van der Waals surface area (Å²) < 4.78 is 46.1. The summed E-state index contributed by atoms with van der Waals surface area (Å²) >= 11 is 0. The van der Waals surface area contributed by atoms with Gasteiger partial charge in [0.2, 0.25) is 5.88 Å². The molecule has 1 aliphatic heterocycles. The molecule has 9 nitrogen and oxygen atoms in total. The molecule has 6 rings (SSSR count). The maximum Gasteiger partial charge on any atom is 0.434 e. The Kier molecular flexibility index (Phi) is 5.88. The zero-order chi connectivity index (χ0) is 26.4. The van der Waals surface area contributed by atoms with Crippen LogP contribution in [0.4, 0.5) is 24.7 Å². The van der Waals surface area contributed by atoms with E-state index in [1.807, 2.05) is 12.1 Å². The topological polar surface area (TPSA) is 93.9 Å². The van der Waals surface area contributed by atoms with E-state index in [1.54, 1.807) is 32.5 Å². The normalized spacial score (nSPS) is 15.2. The van der Waals surface area contributed by atoms with Crippen LogP contribution in [0.25, 0.3) is 22.8 Å². The molecule has 0 amide bonds. The Morgan fingerprint density at radius 2 is 1.87 bits per heavy atom. The van der Waals surface area contributed by atoms with Gasteiger partial charge in [-0.3, -0.25) is 0 Å². The van der Waals surface area contributed by atoms with Crippen molar-refractivity contribution in [1.29, 1.82) is 0 Å². The monoisotopic (exact) mass is 522 g/mol. The number of fused-ring (bicyclic) bond motifs is 1. The summed E-state index contributed by atoms with van der Waals surface area (Å²) in [5, 5.41) is 3.35. The van der Waals surface area contributed by atoms with Gasteiger partial charge in [0.25, 0.3) is 0 Å². The van der Waals surface area contributed by atoms with Gasteiger partial charge in [-0.05, 0) is 18.4 Å². The number of hydrogen-bond acceptors (Lipinski definition) is 8. The van der Waals surface area contributed by atoms with Gasteiger partial charge in [0, 0.05) is 44.4 Å². The van der Waals surface area contributed by atoms with Gasteiger partial charge in [0.05, 0.1) is 24.7 Å². The lowest BCUT2D eigenvalue weighted by molar-refractivity contribution is -0.140. The van der Waals surface area contributed by atoms with Crippen LogP contribution in [0.2, 0.25) is 0 Å². The van der Waals surface area contributed by atoms with Crippen molar-refractivity contribution in [1.82, 2.24) is 29.5 Å². The van der Waals surface area contributed by atoms with Crippen LogP contribution in [-0.4, -0.2) is 49.7 Å². The van der Waals surface area contributed by atoms with E-state index in [0.717, 1.165) is 60.5 Å². The van der Waals surface area contributed by atoms with Crippen molar-refractivity contribution in [2.24, 2.45) is 7.05 Å². The number of anilines is 2. The van der Waals surface area contributed by atoms with Crippen molar-refractivity contribution < 1.29 is 17.9 Å². The minimum Gasteiger partial charge on any atom is -0.480 e. The van der Waals surface area contributed by atoms with Crippen LogP contribution < -0.4 is 15.0 Å². The average molecular weight is 523 g/mol. The second kappa shape index (κ2) is 9.26. The van der Waals surface area contributed by atoms with Crippen LogP contribution in [0.1, 0.15) is 35.7 Å². The van der Waals surface area contributed by atoms with E-state index < -0.39 is 11.9 Å². The fraction of sp³-hybridized carbons (Fsp3) is 0.346. The zero-order valence-corrected chi connectivity index (χ0v) is 20.8. The van der Waals surface area contributed by atoms with Crippen LogP contribution >= 0.6 is 0 Å². The number of methoxy groups -OCH3 is 1. The summed E-state index contributed by atoms with van der Waals surface area (Å²) in [6.07, 6.45) is 1.94. The fourth-order valence-electron chi connectivity index (χ4n) is 4.71. The van der Waals surface area contributed by atoms with E-state index >= 15 is 0 Å². The number of ether oxygens (including phenoxy) is 1. The Balaban J connectivity index is 1.28. The molecule has 196 valence electrons. The predicted molar refractivity (Wildman–Crippen MR) is 135 cm³/mol. The van der Waals surface area contributed by atoms with Crippen LogP contribution in [0.15, 0.2) is 43.0 Å². The van der Waals surface area contributed by atoms with Crippen molar-refractivity contribution in [3.63, 3.8) is 0 Å². The van der Waals surface area contributed by atoms with E-state index in [-0.39, 0.29) is 5.82 Å². The molecule has 4 heterocycles. The molecule has 0 spiro atoms. The number of nitrogens with zero attached hydrogens (tertiary/aromatic N) is 7. The Bertz CT molecular complexity index is 1480. The molecular weight excluding hydrogens is 497 g/mol. The van der Waals surface area contributed by atoms with E-state index in [4.69, 9.17) is 9.72 Å². The van der Waals surface area contributed by atoms with Gasteiger partial charge in [-0.15, -0.1) is 0 Å². The highest BCUT2D eigenvalue weighted by Crippen LogP contribution is 2.45. The number of benzene rings is 1. The lowest BCUT2D eigenvalue weighted by Gasteiger charge is -2.31. The lowest BCUT2D eigenvalue weighted by atomic mass is 10.1. The van der Waals surface area contributed by atoms with Gasteiger partial charge in [0.15, 0.2) is 17.3 Å². The van der Waals surface area contributed by atoms with Crippen LogP contribution in [0.3, 0.4) is 0 Å². The Hall–Kier alpha value is -4.22. The molecule has 2 aliphatic rings. The highest BCUT2D eigenvalue weighted by molar-refractivity contribution is 5.73. The molecule has 0 saturated heterocycles. The number of imidazole rings is 1. The smallest absolute Gasteiger partial charge is 0.434 e. The van der Waals surface area contributed by atoms with Crippen molar-refractivity contribution >= 4 is 11.5 Å². The summed E-state index contributed by atoms with van der Waals surface area (Å²) in [4.78, 5) is 24.3. The maximum atomic E-state index is 13.1. The average Bonchev–Trinajstić information content (AvgIpc) is 3.69. The first-order valence-corrected chi connectivity index (χ1v) is 12.3. The summed E-state index contributed by atoms with van der Waals surface area (Å²) in [6, 6.07) is 7.39. The van der Waals surface area contributed by atoms with Crippen molar-refractivity contribution in [2.75, 3.05) is 30.4 Å². The largest absolute Gasteiger partial charge is 0.480 e. The molecule has 4 aromatic rings. The van der Waals surface area contributed by atoms with Gasteiger partial charge < -0.3 is 19.5 Å². The Morgan fingerprint density at radius 3 is 2.55 bits per heavy atom. The van der Waals surface area contributed by atoms with Gasteiger partial charge in [0.1, 0.15) is 17.7 Å². The predicted octanol–water partition coefficient (Wildman–Crippen LogP) is 4.67. The number of hydrogen-bond donors (Lipinski definition) is 1. The summed E-state index contributed by atoms with van der Waals surface area (Å²) in [5.41, 5.74) is 3.16. The number of alkyl halides is 3. The van der Waals surface area contributed by atoms with Crippen LogP contribution in [0.5, 0.6) is 5.88 Å². The lowest BCUT2D eigenvalue weighted by Crippen LogP contribution is -2.34. The number of halogens is 3. The second-order valence-electron chi connectivity index (χ2n) is 9.45. The molecule has 38 heavy (non-hydrogen) atoms. The van der Waals surface area contributed by atoms with Crippen molar-refractivity contribution in [3.05, 3.63) is 59.9 Å². The molecule has 1 aromatic carbocycles. The molecule has 0 unspecified atom stereocenters. The molecule has 1 fully saturated rings. The second-order valence-corrected chi connectivity index (χ2v) is 9.45. The first kappa shape index (κ1) is 24.1. The first-order chi connectivity index (χ1) is 18.3. The molecule has 0 bridgehead atoms. The van der Waals surface area contributed by atoms with Crippen molar-refractivity contribution in [2.45, 2.75) is 31.5 Å². The van der Waals surface area contributed by atoms with E-state index in [0.29, 0.717) is 29.7 Å². The van der Waals surface area contributed by atoms with Gasteiger partial charge in [-0.2, -0.15) is 13.2 Å². The van der Waals surface area contributed by atoms with E-state index in [1.165, 1.54) is 10.9 Å². The molecule has 3 aromatic heterocycles. The zero-order valence-electron chi connectivity index (χ0n) is 20.8. The standard InChI is InChI=1S/C26H25F3N8O/c1-36-13-19(26(27,28)29)34-23(36)17-5-3-15(4-6-17)12-37-10-9-30-18-11-31-22(35-24(18)37)20-21(16-7-8-16)32-14-33-25(20)38-2/h3-6,11,13-14,16,30H,7-10,12H2,1-2H3. The van der Waals surface area contributed by atoms with Gasteiger partial charge >= 0.3 is 6.18 Å². The minimum absolute atomic E-state index is 0.263. The highest BCUT2D eigenvalue weighted by Gasteiger charge is 2.35. The minimum atomic E-state index is -4.48. The highest BCUT2D eigenvalue weighted by atomic mass is 19.4. The summed E-state index contributed by atoms with van der Waals surface area (Å²) in [5.74, 6) is 2.36. The molecule has 0 radical (unpaired) electrons. The summed E-state index contributed by atoms with van der Waals surface area (Å²) in [7, 11) is 3.13. The van der Waals surface area contributed by atoms with Crippen LogP contribution in [-0.2, 0) is 19.8 Å². The molecule has 1 aliphatic carbocycles. The maximum absolute atomic E-state index is 13.1. The Labute approximate surface area is 216 Å². The number of aryl methyl sites for hydroxylation is 1. The van der Waals surface area contributed by atoms with E-state index in [9.17, 15) is 13.2 Å².